The number of nitrogens with zero attached hydrogens (tertiary/aromatic N) is 1. The van der Waals surface area contributed by atoms with Gasteiger partial charge in [-0.15, -0.1) is 0 Å². The number of para-hydroxylation sites is 1. The summed E-state index contributed by atoms with van der Waals surface area (Å²) in [5.41, 5.74) is 1.32. The van der Waals surface area contributed by atoms with Gasteiger partial charge >= 0.3 is 5.97 Å². The van der Waals surface area contributed by atoms with Crippen LogP contribution in [0.25, 0.3) is 0 Å². The van der Waals surface area contributed by atoms with E-state index in [1.165, 1.54) is 4.90 Å². The lowest BCUT2D eigenvalue weighted by molar-refractivity contribution is -0.193. The van der Waals surface area contributed by atoms with E-state index in [0.717, 1.165) is 4.47 Å². The molecule has 0 aromatic heterocycles. The molecule has 1 N–H and O–H groups in total. The van der Waals surface area contributed by atoms with Crippen LogP contribution >= 0.6 is 15.9 Å². The molecule has 2 aromatic rings. The van der Waals surface area contributed by atoms with E-state index >= 15 is 0 Å². The maximum Gasteiger partial charge on any atom is 0.336 e. The van der Waals surface area contributed by atoms with Crippen LogP contribution in [-0.4, -0.2) is 35.7 Å². The summed E-state index contributed by atoms with van der Waals surface area (Å²) in [5, 5.41) is 9.47. The first kappa shape index (κ1) is 16.3. The van der Waals surface area contributed by atoms with Crippen LogP contribution in [0.15, 0.2) is 59.1 Å². The van der Waals surface area contributed by atoms with E-state index in [0.29, 0.717) is 11.3 Å². The van der Waals surface area contributed by atoms with E-state index in [1.54, 1.807) is 18.2 Å². The molecule has 3 unspecified atom stereocenters. The number of halogens is 1. The van der Waals surface area contributed by atoms with E-state index in [1.807, 2.05) is 36.4 Å². The average molecular weight is 404 g/mol. The Hall–Kier alpha value is -2.22. The van der Waals surface area contributed by atoms with Crippen molar-refractivity contribution in [2.24, 2.45) is 0 Å². The van der Waals surface area contributed by atoms with Crippen molar-refractivity contribution in [1.82, 2.24) is 0 Å². The van der Waals surface area contributed by atoms with Gasteiger partial charge in [-0.2, -0.15) is 0 Å². The summed E-state index contributed by atoms with van der Waals surface area (Å²) < 4.78 is 12.4. The minimum Gasteiger partial charge on any atom is -0.479 e. The third-order valence-electron chi connectivity index (χ3n) is 4.39. The monoisotopic (exact) mass is 403 g/mol. The van der Waals surface area contributed by atoms with Gasteiger partial charge in [-0.25, -0.2) is 4.79 Å². The molecule has 1 amide bonds. The molecule has 0 aliphatic carbocycles. The highest BCUT2D eigenvalue weighted by atomic mass is 79.9. The van der Waals surface area contributed by atoms with Crippen LogP contribution < -0.4 is 4.90 Å². The average Bonchev–Trinajstić information content (AvgIpc) is 2.97. The highest BCUT2D eigenvalue weighted by molar-refractivity contribution is 9.10. The zero-order valence-electron chi connectivity index (χ0n) is 13.0. The SMILES string of the molecule is O=C(O)C1OC2(c3ccccc3)CN(c3ccccc3Br)C(=O)C1O2. The zero-order valence-corrected chi connectivity index (χ0v) is 14.5. The second-order valence-electron chi connectivity index (χ2n) is 5.91. The number of ether oxygens (including phenoxy) is 2. The Morgan fingerprint density at radius 1 is 1.12 bits per heavy atom. The number of anilines is 1. The third-order valence-corrected chi connectivity index (χ3v) is 5.06. The standard InChI is InChI=1S/C18H14BrNO5/c19-12-8-4-5-9-13(12)20-10-18(11-6-2-1-3-7-11)24-14(16(20)21)15(25-18)17(22)23/h1-9,14-15H,10H2,(H,22,23). The van der Waals surface area contributed by atoms with Gasteiger partial charge in [0.2, 0.25) is 5.79 Å². The van der Waals surface area contributed by atoms with Crippen molar-refractivity contribution in [3.8, 4) is 0 Å². The number of hydrogen-bond donors (Lipinski definition) is 1. The Morgan fingerprint density at radius 3 is 2.48 bits per heavy atom. The second kappa shape index (κ2) is 5.94. The van der Waals surface area contributed by atoms with Crippen molar-refractivity contribution in [2.45, 2.75) is 18.0 Å². The number of carbonyl (C=O) groups is 2. The third kappa shape index (κ3) is 2.55. The molecule has 0 radical (unpaired) electrons. The van der Waals surface area contributed by atoms with E-state index < -0.39 is 29.9 Å². The van der Waals surface area contributed by atoms with Gasteiger partial charge in [0.1, 0.15) is 0 Å². The molecule has 3 atom stereocenters. The molecule has 2 aromatic carbocycles. The van der Waals surface area contributed by atoms with E-state index in [-0.39, 0.29) is 6.54 Å². The van der Waals surface area contributed by atoms with Crippen molar-refractivity contribution in [3.05, 3.63) is 64.6 Å². The number of carboxylic acid groups (broad SMARTS) is 1. The lowest BCUT2D eigenvalue weighted by Gasteiger charge is -2.38. The number of rotatable bonds is 3. The number of benzene rings is 2. The van der Waals surface area contributed by atoms with Gasteiger partial charge in [-0.05, 0) is 28.1 Å². The van der Waals surface area contributed by atoms with Crippen molar-refractivity contribution in [3.63, 3.8) is 0 Å². The van der Waals surface area contributed by atoms with Gasteiger partial charge in [0, 0.05) is 10.0 Å². The van der Waals surface area contributed by atoms with E-state index in [4.69, 9.17) is 9.47 Å². The molecule has 2 aliphatic rings. The fourth-order valence-electron chi connectivity index (χ4n) is 3.23. The summed E-state index contributed by atoms with van der Waals surface area (Å²) in [6.07, 6.45) is -2.54. The summed E-state index contributed by atoms with van der Waals surface area (Å²) in [7, 11) is 0. The van der Waals surface area contributed by atoms with Crippen LogP contribution in [-0.2, 0) is 24.8 Å². The van der Waals surface area contributed by atoms with E-state index in [2.05, 4.69) is 15.9 Å². The van der Waals surface area contributed by atoms with Crippen molar-refractivity contribution in [1.29, 1.82) is 0 Å². The highest BCUT2D eigenvalue weighted by Crippen LogP contribution is 2.44. The normalized spacial score (nSPS) is 28.2. The molecule has 7 heteroatoms. The Bertz CT molecular complexity index is 842. The minimum absolute atomic E-state index is 0.0682. The van der Waals surface area contributed by atoms with Gasteiger partial charge in [0.05, 0.1) is 12.2 Å². The number of fused-ring (bicyclic) bond motifs is 2. The molecule has 2 aliphatic heterocycles. The quantitative estimate of drug-likeness (QED) is 0.851. The van der Waals surface area contributed by atoms with Crippen molar-refractivity contribution < 1.29 is 24.2 Å². The number of carboxylic acids is 1. The predicted octanol–water partition coefficient (Wildman–Crippen LogP) is 2.52. The number of aliphatic carboxylic acids is 1. The summed E-state index contributed by atoms with van der Waals surface area (Å²) in [5.74, 6) is -2.95. The largest absolute Gasteiger partial charge is 0.479 e. The number of amides is 1. The lowest BCUT2D eigenvalue weighted by atomic mass is 10.0. The molecule has 25 heavy (non-hydrogen) atoms. The maximum atomic E-state index is 12.9. The van der Waals surface area contributed by atoms with Crippen LogP contribution in [0, 0.1) is 0 Å². The summed E-state index contributed by atoms with van der Waals surface area (Å²) in [4.78, 5) is 26.0. The molecule has 4 rings (SSSR count). The van der Waals surface area contributed by atoms with Crippen LogP contribution in [0.2, 0.25) is 0 Å². The van der Waals surface area contributed by atoms with Crippen LogP contribution in [0.5, 0.6) is 0 Å². The zero-order chi connectivity index (χ0) is 17.6. The number of morpholine rings is 1. The highest BCUT2D eigenvalue weighted by Gasteiger charge is 2.60. The smallest absolute Gasteiger partial charge is 0.336 e. The Morgan fingerprint density at radius 2 is 1.80 bits per heavy atom. The lowest BCUT2D eigenvalue weighted by Crippen LogP contribution is -2.54. The van der Waals surface area contributed by atoms with Gasteiger partial charge in [0.25, 0.3) is 5.91 Å². The molecular formula is C18H14BrNO5. The molecule has 2 bridgehead atoms. The predicted molar refractivity (Wildman–Crippen MR) is 92.0 cm³/mol. The van der Waals surface area contributed by atoms with Crippen LogP contribution in [0.3, 0.4) is 0 Å². The summed E-state index contributed by atoms with van der Waals surface area (Å²) in [6, 6.07) is 16.4. The van der Waals surface area contributed by atoms with Gasteiger partial charge < -0.3 is 19.5 Å². The maximum absolute atomic E-state index is 12.9. The molecular weight excluding hydrogens is 390 g/mol. The Balaban J connectivity index is 1.82. The van der Waals surface area contributed by atoms with E-state index in [9.17, 15) is 14.7 Å². The molecule has 2 saturated heterocycles. The van der Waals surface area contributed by atoms with Gasteiger partial charge in [-0.3, -0.25) is 4.79 Å². The first-order valence-electron chi connectivity index (χ1n) is 7.72. The fourth-order valence-corrected chi connectivity index (χ4v) is 3.73. The fraction of sp³-hybridized carbons (Fsp3) is 0.222. The molecule has 0 spiro atoms. The number of carbonyl (C=O) groups excluding carboxylic acids is 1. The van der Waals surface area contributed by atoms with Crippen LogP contribution in [0.1, 0.15) is 5.56 Å². The van der Waals surface area contributed by atoms with Crippen molar-refractivity contribution >= 4 is 33.5 Å². The van der Waals surface area contributed by atoms with Crippen molar-refractivity contribution in [2.75, 3.05) is 11.4 Å². The topological polar surface area (TPSA) is 76.1 Å². The summed E-state index contributed by atoms with van der Waals surface area (Å²) >= 11 is 3.45. The molecule has 2 fully saturated rings. The second-order valence-corrected chi connectivity index (χ2v) is 6.76. The Kier molecular flexibility index (Phi) is 3.87. The first-order valence-corrected chi connectivity index (χ1v) is 8.51. The molecule has 2 heterocycles. The minimum atomic E-state index is -1.35. The van der Waals surface area contributed by atoms with Gasteiger partial charge in [-0.1, -0.05) is 42.5 Å². The van der Waals surface area contributed by atoms with Crippen LogP contribution in [0.4, 0.5) is 5.69 Å². The summed E-state index contributed by atoms with van der Waals surface area (Å²) in [6.45, 7) is 0.0682. The molecule has 6 nitrogen and oxygen atoms in total. The Labute approximate surface area is 152 Å². The number of hydrogen-bond acceptors (Lipinski definition) is 4. The molecule has 0 saturated carbocycles. The van der Waals surface area contributed by atoms with Gasteiger partial charge in [0.15, 0.2) is 12.2 Å². The molecule has 128 valence electrons. The first-order chi connectivity index (χ1) is 12.0.